The molecular weight excluding hydrogens is 204 g/mol. The topological polar surface area (TPSA) is 58.7 Å². The maximum absolute atomic E-state index is 9.77. The molecule has 0 fully saturated rings. The summed E-state index contributed by atoms with van der Waals surface area (Å²) >= 11 is 0. The van der Waals surface area contributed by atoms with Crippen LogP contribution in [-0.2, 0) is 4.74 Å². The van der Waals surface area contributed by atoms with Crippen molar-refractivity contribution in [1.82, 2.24) is 4.90 Å². The first-order chi connectivity index (χ1) is 7.67. The molecule has 92 valence electrons. The van der Waals surface area contributed by atoms with Crippen molar-refractivity contribution in [1.29, 1.82) is 0 Å². The Labute approximate surface area is 97.7 Å². The molecule has 0 spiro atoms. The predicted molar refractivity (Wildman–Crippen MR) is 67.0 cm³/mol. The third-order valence-corrected chi connectivity index (χ3v) is 2.07. The highest BCUT2D eigenvalue weighted by Crippen LogP contribution is 2.01. The van der Waals surface area contributed by atoms with Gasteiger partial charge in [0.05, 0.1) is 19.4 Å². The minimum Gasteiger partial charge on any atom is -0.388 e. The van der Waals surface area contributed by atoms with Crippen LogP contribution in [0.4, 0.5) is 0 Å². The smallest absolute Gasteiger partial charge is 0.106 e. The molecule has 4 nitrogen and oxygen atoms in total. The Morgan fingerprint density at radius 3 is 2.19 bits per heavy atom. The van der Waals surface area contributed by atoms with Crippen molar-refractivity contribution < 1.29 is 9.84 Å². The summed E-state index contributed by atoms with van der Waals surface area (Å²) in [6.07, 6.45) is 3.88. The first-order valence-corrected chi connectivity index (χ1v) is 5.25. The number of nitrogens with zero attached hydrogens (tertiary/aromatic N) is 1. The minimum atomic E-state index is -0.736. The lowest BCUT2D eigenvalue weighted by atomic mass is 10.2. The fraction of sp³-hybridized carbons (Fsp3) is 0.500. The lowest BCUT2D eigenvalue weighted by Gasteiger charge is -2.30. The van der Waals surface area contributed by atoms with Crippen molar-refractivity contribution in [2.45, 2.75) is 12.3 Å². The number of aliphatic hydroxyl groups excluding tert-OH is 1. The second kappa shape index (κ2) is 9.30. The van der Waals surface area contributed by atoms with Crippen molar-refractivity contribution in [3.63, 3.8) is 0 Å². The second-order valence-corrected chi connectivity index (χ2v) is 3.42. The van der Waals surface area contributed by atoms with E-state index in [-0.39, 0.29) is 6.61 Å². The summed E-state index contributed by atoms with van der Waals surface area (Å²) in [6, 6.07) is 0. The van der Waals surface area contributed by atoms with Gasteiger partial charge in [0.2, 0.25) is 0 Å². The molecule has 0 radical (unpaired) electrons. The van der Waals surface area contributed by atoms with Gasteiger partial charge in [0.1, 0.15) is 6.10 Å². The molecule has 4 heteroatoms. The molecule has 0 saturated carbocycles. The largest absolute Gasteiger partial charge is 0.388 e. The van der Waals surface area contributed by atoms with E-state index in [2.05, 4.69) is 19.7 Å². The van der Waals surface area contributed by atoms with Gasteiger partial charge in [0, 0.05) is 13.1 Å². The van der Waals surface area contributed by atoms with Crippen LogP contribution in [-0.4, -0.2) is 48.6 Å². The summed E-state index contributed by atoms with van der Waals surface area (Å²) in [7, 11) is 0. The van der Waals surface area contributed by atoms with Crippen LogP contribution in [0.5, 0.6) is 0 Å². The van der Waals surface area contributed by atoms with Crippen LogP contribution in [0.1, 0.15) is 0 Å². The molecule has 16 heavy (non-hydrogen) atoms. The zero-order valence-corrected chi connectivity index (χ0v) is 9.72. The van der Waals surface area contributed by atoms with E-state index in [0.717, 1.165) is 0 Å². The van der Waals surface area contributed by atoms with Crippen LogP contribution in [0.2, 0.25) is 0 Å². The van der Waals surface area contributed by atoms with E-state index in [1.54, 1.807) is 18.2 Å². The Morgan fingerprint density at radius 2 is 1.75 bits per heavy atom. The van der Waals surface area contributed by atoms with Gasteiger partial charge in [-0.2, -0.15) is 0 Å². The third-order valence-electron chi connectivity index (χ3n) is 2.07. The molecule has 0 amide bonds. The van der Waals surface area contributed by atoms with Gasteiger partial charge < -0.3 is 15.6 Å². The summed E-state index contributed by atoms with van der Waals surface area (Å²) in [5.41, 5.74) is 5.89. The number of aliphatic hydroxyl groups is 1. The van der Waals surface area contributed by atoms with Crippen LogP contribution >= 0.6 is 0 Å². The highest BCUT2D eigenvalue weighted by molar-refractivity contribution is 4.85. The molecule has 0 aromatic rings. The molecule has 0 aliphatic rings. The van der Waals surface area contributed by atoms with Crippen molar-refractivity contribution in [2.24, 2.45) is 5.73 Å². The molecule has 0 aromatic heterocycles. The maximum atomic E-state index is 9.77. The second-order valence-electron chi connectivity index (χ2n) is 3.42. The quantitative estimate of drug-likeness (QED) is 0.324. The number of rotatable bonds is 10. The van der Waals surface area contributed by atoms with E-state index >= 15 is 0 Å². The normalized spacial score (nSPS) is 14.4. The summed E-state index contributed by atoms with van der Waals surface area (Å²) < 4.78 is 5.15. The molecule has 0 aromatic carbocycles. The van der Waals surface area contributed by atoms with Crippen LogP contribution in [0.3, 0.4) is 0 Å². The van der Waals surface area contributed by atoms with Gasteiger partial charge in [0.25, 0.3) is 0 Å². The van der Waals surface area contributed by atoms with Crippen molar-refractivity contribution in [3.05, 3.63) is 38.0 Å². The highest BCUT2D eigenvalue weighted by atomic mass is 16.5. The average Bonchev–Trinajstić information content (AvgIpc) is 2.28. The molecule has 0 aliphatic carbocycles. The zero-order chi connectivity index (χ0) is 12.4. The highest BCUT2D eigenvalue weighted by Gasteiger charge is 2.20. The number of nitrogens with two attached hydrogens (primary N) is 1. The number of hydrogen-bond donors (Lipinski definition) is 2. The standard InChI is InChI=1S/C12H22N2O2/c1-4-7-14(8-5-2)12(13)11(15)10-16-9-6-3/h4-6,11-12,15H,1-3,7-10,13H2. The van der Waals surface area contributed by atoms with Crippen LogP contribution in [0.15, 0.2) is 38.0 Å². The number of hydrogen-bond acceptors (Lipinski definition) is 4. The predicted octanol–water partition coefficient (Wildman–Crippen LogP) is 0.509. The Bertz CT molecular complexity index is 209. The molecule has 0 bridgehead atoms. The molecule has 0 saturated heterocycles. The lowest BCUT2D eigenvalue weighted by Crippen LogP contribution is -2.51. The molecule has 2 atom stereocenters. The first-order valence-electron chi connectivity index (χ1n) is 5.25. The van der Waals surface area contributed by atoms with Gasteiger partial charge in [-0.05, 0) is 0 Å². The third kappa shape index (κ3) is 5.82. The average molecular weight is 226 g/mol. The Morgan fingerprint density at radius 1 is 1.19 bits per heavy atom. The summed E-state index contributed by atoms with van der Waals surface area (Å²) in [4.78, 5) is 1.86. The molecular formula is C12H22N2O2. The molecule has 0 aliphatic heterocycles. The molecule has 0 heterocycles. The monoisotopic (exact) mass is 226 g/mol. The lowest BCUT2D eigenvalue weighted by molar-refractivity contribution is -0.00362. The molecule has 3 N–H and O–H groups in total. The fourth-order valence-corrected chi connectivity index (χ4v) is 1.26. The van der Waals surface area contributed by atoms with Crippen LogP contribution < -0.4 is 5.73 Å². The molecule has 0 rings (SSSR count). The summed E-state index contributed by atoms with van der Waals surface area (Å²) in [5.74, 6) is 0. The summed E-state index contributed by atoms with van der Waals surface area (Å²) in [5, 5.41) is 9.77. The van der Waals surface area contributed by atoms with E-state index in [1.165, 1.54) is 0 Å². The Kier molecular flexibility index (Phi) is 8.75. The molecule has 2 unspecified atom stereocenters. The Hall–Kier alpha value is -0.940. The zero-order valence-electron chi connectivity index (χ0n) is 9.72. The Balaban J connectivity index is 4.11. The van der Waals surface area contributed by atoms with Crippen LogP contribution in [0.25, 0.3) is 0 Å². The van der Waals surface area contributed by atoms with E-state index in [9.17, 15) is 5.11 Å². The van der Waals surface area contributed by atoms with E-state index < -0.39 is 12.3 Å². The van der Waals surface area contributed by atoms with Gasteiger partial charge in [-0.1, -0.05) is 18.2 Å². The fourth-order valence-electron chi connectivity index (χ4n) is 1.26. The van der Waals surface area contributed by atoms with E-state index in [1.807, 2.05) is 4.90 Å². The first kappa shape index (κ1) is 15.1. The van der Waals surface area contributed by atoms with Gasteiger partial charge >= 0.3 is 0 Å². The van der Waals surface area contributed by atoms with Gasteiger partial charge in [-0.3, -0.25) is 4.90 Å². The van der Waals surface area contributed by atoms with Gasteiger partial charge in [-0.15, -0.1) is 19.7 Å². The summed E-state index contributed by atoms with van der Waals surface area (Å²) in [6.45, 7) is 12.6. The van der Waals surface area contributed by atoms with Gasteiger partial charge in [-0.25, -0.2) is 0 Å². The van der Waals surface area contributed by atoms with Gasteiger partial charge in [0.15, 0.2) is 0 Å². The maximum Gasteiger partial charge on any atom is 0.106 e. The van der Waals surface area contributed by atoms with Crippen molar-refractivity contribution >= 4 is 0 Å². The SMILES string of the molecule is C=CCOCC(O)C(N)N(CC=C)CC=C. The minimum absolute atomic E-state index is 0.192. The van der Waals surface area contributed by atoms with E-state index in [0.29, 0.717) is 19.7 Å². The van der Waals surface area contributed by atoms with E-state index in [4.69, 9.17) is 10.5 Å². The van der Waals surface area contributed by atoms with Crippen molar-refractivity contribution in [3.8, 4) is 0 Å². The number of ether oxygens (including phenoxy) is 1. The van der Waals surface area contributed by atoms with Crippen LogP contribution in [0, 0.1) is 0 Å². The van der Waals surface area contributed by atoms with Crippen molar-refractivity contribution in [2.75, 3.05) is 26.3 Å².